The third-order valence-electron chi connectivity index (χ3n) is 1.87. The van der Waals surface area contributed by atoms with Crippen molar-refractivity contribution in [2.24, 2.45) is 0 Å². The lowest BCUT2D eigenvalue weighted by Crippen LogP contribution is -1.94. The van der Waals surface area contributed by atoms with Crippen molar-refractivity contribution in [2.75, 3.05) is 0 Å². The molecule has 1 aromatic heterocycles. The molecule has 2 aromatic rings. The zero-order valence-corrected chi connectivity index (χ0v) is 10.2. The second-order valence-electron chi connectivity index (χ2n) is 3.19. The summed E-state index contributed by atoms with van der Waals surface area (Å²) < 4.78 is 5.26. The monoisotopic (exact) mass is 285 g/mol. The molecule has 6 nitrogen and oxygen atoms in total. The summed E-state index contributed by atoms with van der Waals surface area (Å²) in [4.78, 5) is 17.2. The van der Waals surface area contributed by atoms with E-state index in [0.717, 1.165) is 12.4 Å². The maximum atomic E-state index is 10.4. The molecule has 0 unspecified atom stereocenters. The fraction of sp³-hybridized carbons (Fsp3) is 0. The molecule has 0 N–H and O–H groups in total. The van der Waals surface area contributed by atoms with Crippen LogP contribution in [0.3, 0.4) is 0 Å². The fourth-order valence-corrected chi connectivity index (χ4v) is 1.66. The van der Waals surface area contributed by atoms with Crippen molar-refractivity contribution in [1.29, 1.82) is 0 Å². The third kappa shape index (κ3) is 3.06. The van der Waals surface area contributed by atoms with Crippen molar-refractivity contribution in [3.63, 3.8) is 0 Å². The first kappa shape index (κ1) is 12.5. The van der Waals surface area contributed by atoms with Gasteiger partial charge in [-0.25, -0.2) is 0 Å². The largest absolute Gasteiger partial charge is 0.424 e. The van der Waals surface area contributed by atoms with Crippen molar-refractivity contribution < 1.29 is 9.66 Å². The van der Waals surface area contributed by atoms with Crippen LogP contribution in [0.1, 0.15) is 0 Å². The molecular formula is C10H5Cl2N3O3. The third-order valence-corrected chi connectivity index (χ3v) is 2.31. The average Bonchev–Trinajstić information content (AvgIpc) is 2.28. The highest BCUT2D eigenvalue weighted by atomic mass is 35.5. The van der Waals surface area contributed by atoms with E-state index in [-0.39, 0.29) is 11.7 Å². The summed E-state index contributed by atoms with van der Waals surface area (Å²) in [6.07, 6.45) is 2.10. The van der Waals surface area contributed by atoms with Crippen molar-refractivity contribution in [2.45, 2.75) is 0 Å². The van der Waals surface area contributed by atoms with E-state index in [9.17, 15) is 10.1 Å². The molecule has 18 heavy (non-hydrogen) atoms. The first-order valence-corrected chi connectivity index (χ1v) is 5.40. The molecule has 1 aromatic carbocycles. The second-order valence-corrected chi connectivity index (χ2v) is 4.06. The van der Waals surface area contributed by atoms with Gasteiger partial charge in [0.15, 0.2) is 0 Å². The fourth-order valence-electron chi connectivity index (χ4n) is 1.15. The van der Waals surface area contributed by atoms with Gasteiger partial charge in [-0.05, 0) is 18.2 Å². The molecule has 0 amide bonds. The molecule has 0 spiro atoms. The molecule has 92 valence electrons. The molecule has 0 atom stereocenters. The van der Waals surface area contributed by atoms with Gasteiger partial charge < -0.3 is 4.74 Å². The first-order valence-electron chi connectivity index (χ1n) is 4.65. The van der Waals surface area contributed by atoms with Gasteiger partial charge in [-0.1, -0.05) is 23.2 Å². The Labute approximate surface area is 111 Å². The van der Waals surface area contributed by atoms with Crippen LogP contribution in [0.5, 0.6) is 11.8 Å². The van der Waals surface area contributed by atoms with Crippen LogP contribution in [-0.2, 0) is 0 Å². The van der Waals surface area contributed by atoms with Crippen molar-refractivity contribution in [1.82, 2.24) is 9.97 Å². The van der Waals surface area contributed by atoms with E-state index >= 15 is 0 Å². The number of hydrogen-bond acceptors (Lipinski definition) is 5. The first-order chi connectivity index (χ1) is 8.54. The molecule has 0 saturated carbocycles. The van der Waals surface area contributed by atoms with E-state index in [1.165, 1.54) is 12.1 Å². The number of nitro groups is 1. The van der Waals surface area contributed by atoms with Crippen LogP contribution >= 0.6 is 23.2 Å². The minimum absolute atomic E-state index is 0.0288. The SMILES string of the molecule is O=[N+]([O-])c1cnc(Oc2cc(Cl)cc(Cl)c2)nc1. The van der Waals surface area contributed by atoms with Crippen LogP contribution in [0.25, 0.3) is 0 Å². The Morgan fingerprint density at radius 3 is 2.17 bits per heavy atom. The van der Waals surface area contributed by atoms with Gasteiger partial charge in [0.2, 0.25) is 0 Å². The van der Waals surface area contributed by atoms with E-state index in [2.05, 4.69) is 9.97 Å². The topological polar surface area (TPSA) is 78.2 Å². The maximum absolute atomic E-state index is 10.4. The predicted octanol–water partition coefficient (Wildman–Crippen LogP) is 3.48. The van der Waals surface area contributed by atoms with Gasteiger partial charge in [0.05, 0.1) is 4.92 Å². The van der Waals surface area contributed by atoms with Gasteiger partial charge in [0.25, 0.3) is 0 Å². The summed E-state index contributed by atoms with van der Waals surface area (Å²) in [5.74, 6) is 0.348. The van der Waals surface area contributed by atoms with Crippen molar-refractivity contribution >= 4 is 28.9 Å². The molecule has 8 heteroatoms. The molecule has 1 heterocycles. The highest BCUT2D eigenvalue weighted by Crippen LogP contribution is 2.26. The van der Waals surface area contributed by atoms with Crippen LogP contribution < -0.4 is 4.74 Å². The lowest BCUT2D eigenvalue weighted by Gasteiger charge is -2.04. The quantitative estimate of drug-likeness (QED) is 0.637. The number of hydrogen-bond donors (Lipinski definition) is 0. The number of benzene rings is 1. The minimum atomic E-state index is -0.597. The Morgan fingerprint density at radius 2 is 1.67 bits per heavy atom. The number of halogens is 2. The standard InChI is InChI=1S/C10H5Cl2N3O3/c11-6-1-7(12)3-9(2-6)18-10-13-4-8(5-14-10)15(16)17/h1-5H. The minimum Gasteiger partial charge on any atom is -0.424 e. The van der Waals surface area contributed by atoms with E-state index in [1.54, 1.807) is 6.07 Å². The lowest BCUT2D eigenvalue weighted by molar-refractivity contribution is -0.385. The Balaban J connectivity index is 2.20. The van der Waals surface area contributed by atoms with Crippen LogP contribution in [0.4, 0.5) is 5.69 Å². The number of aromatic nitrogens is 2. The normalized spacial score (nSPS) is 10.1. The van der Waals surface area contributed by atoms with Crippen molar-refractivity contribution in [3.8, 4) is 11.8 Å². The van der Waals surface area contributed by atoms with Gasteiger partial charge in [-0.15, -0.1) is 0 Å². The lowest BCUT2D eigenvalue weighted by atomic mass is 10.3. The van der Waals surface area contributed by atoms with E-state index < -0.39 is 4.92 Å². The van der Waals surface area contributed by atoms with E-state index in [1.807, 2.05) is 0 Å². The number of ether oxygens (including phenoxy) is 1. The summed E-state index contributed by atoms with van der Waals surface area (Å²) in [7, 11) is 0. The molecule has 0 saturated heterocycles. The molecule has 0 bridgehead atoms. The highest BCUT2D eigenvalue weighted by molar-refractivity contribution is 6.34. The Hall–Kier alpha value is -1.92. The second kappa shape index (κ2) is 5.16. The van der Waals surface area contributed by atoms with Gasteiger partial charge >= 0.3 is 11.7 Å². The summed E-state index contributed by atoms with van der Waals surface area (Å²) in [6, 6.07) is 4.57. The average molecular weight is 286 g/mol. The van der Waals surface area contributed by atoms with E-state index in [4.69, 9.17) is 27.9 Å². The predicted molar refractivity (Wildman–Crippen MR) is 65.2 cm³/mol. The van der Waals surface area contributed by atoms with Crippen LogP contribution in [0, 0.1) is 10.1 Å². The Bertz CT molecular complexity index is 569. The molecule has 0 aliphatic carbocycles. The van der Waals surface area contributed by atoms with Crippen LogP contribution in [-0.4, -0.2) is 14.9 Å². The molecule has 0 aliphatic heterocycles. The summed E-state index contributed by atoms with van der Waals surface area (Å²) in [5, 5.41) is 11.2. The van der Waals surface area contributed by atoms with Gasteiger partial charge in [-0.3, -0.25) is 10.1 Å². The molecular weight excluding hydrogens is 281 g/mol. The summed E-state index contributed by atoms with van der Waals surface area (Å²) >= 11 is 11.6. The molecule has 0 radical (unpaired) electrons. The van der Waals surface area contributed by atoms with Crippen LogP contribution in [0.2, 0.25) is 10.0 Å². The Kier molecular flexibility index (Phi) is 3.59. The van der Waals surface area contributed by atoms with Gasteiger partial charge in [0, 0.05) is 10.0 Å². The Morgan fingerprint density at radius 1 is 1.11 bits per heavy atom. The smallest absolute Gasteiger partial charge is 0.322 e. The highest BCUT2D eigenvalue weighted by Gasteiger charge is 2.08. The molecule has 2 rings (SSSR count). The zero-order valence-electron chi connectivity index (χ0n) is 8.71. The number of rotatable bonds is 3. The summed E-state index contributed by atoms with van der Waals surface area (Å²) in [5.41, 5.74) is -0.216. The van der Waals surface area contributed by atoms with Crippen molar-refractivity contribution in [3.05, 3.63) is 50.8 Å². The van der Waals surface area contributed by atoms with Gasteiger partial charge in [0.1, 0.15) is 18.1 Å². The molecule has 0 aliphatic rings. The van der Waals surface area contributed by atoms with E-state index in [0.29, 0.717) is 15.8 Å². The van der Waals surface area contributed by atoms with Gasteiger partial charge in [-0.2, -0.15) is 9.97 Å². The maximum Gasteiger partial charge on any atom is 0.322 e. The molecule has 0 fully saturated rings. The van der Waals surface area contributed by atoms with Crippen LogP contribution in [0.15, 0.2) is 30.6 Å². The number of nitrogens with zero attached hydrogens (tertiary/aromatic N) is 3. The summed E-state index contributed by atoms with van der Waals surface area (Å²) in [6.45, 7) is 0. The zero-order chi connectivity index (χ0) is 13.1.